The molecule has 2 aromatic rings. The van der Waals surface area contributed by atoms with Gasteiger partial charge in [-0.2, -0.15) is 10.6 Å². The van der Waals surface area contributed by atoms with Crippen molar-refractivity contribution >= 4 is 51.4 Å². The van der Waals surface area contributed by atoms with Crippen molar-refractivity contribution in [1.29, 1.82) is 0 Å². The van der Waals surface area contributed by atoms with Gasteiger partial charge in [0, 0.05) is 30.8 Å². The van der Waals surface area contributed by atoms with Crippen molar-refractivity contribution < 1.29 is 41.5 Å². The van der Waals surface area contributed by atoms with Gasteiger partial charge in [0.2, 0.25) is 5.91 Å². The molecular formula is C26H28ClF3N4O6S. The lowest BCUT2D eigenvalue weighted by Crippen LogP contribution is -2.74. The average Bonchev–Trinajstić information content (AvgIpc) is 3.37. The Morgan fingerprint density at radius 2 is 1.76 bits per heavy atom. The van der Waals surface area contributed by atoms with E-state index >= 15 is 0 Å². The lowest BCUT2D eigenvalue weighted by Gasteiger charge is -2.56. The fourth-order valence-electron chi connectivity index (χ4n) is 6.05. The molecule has 0 spiro atoms. The Balaban J connectivity index is 1.38. The summed E-state index contributed by atoms with van der Waals surface area (Å²) in [5.74, 6) is -8.16. The third kappa shape index (κ3) is 5.33. The fourth-order valence-corrected chi connectivity index (χ4v) is 8.33. The number of nitrogens with one attached hydrogen (secondary N) is 3. The second-order valence-electron chi connectivity index (χ2n) is 11.3. The van der Waals surface area contributed by atoms with E-state index in [0.29, 0.717) is 25.1 Å². The van der Waals surface area contributed by atoms with Gasteiger partial charge in [0.1, 0.15) is 17.1 Å². The first kappa shape index (κ1) is 29.4. The topological polar surface area (TPSA) is 150 Å². The van der Waals surface area contributed by atoms with Crippen molar-refractivity contribution in [3.8, 4) is 0 Å². The number of Topliss-reactive ketones (excluding diaryl/α,β-unsaturated/α-hetero) is 1. The van der Waals surface area contributed by atoms with Crippen LogP contribution in [-0.2, 0) is 22.6 Å². The molecule has 5 rings (SSSR count). The maximum absolute atomic E-state index is 14.0. The van der Waals surface area contributed by atoms with Crippen LogP contribution in [0.2, 0.25) is 5.02 Å². The summed E-state index contributed by atoms with van der Waals surface area (Å²) in [6.45, 7) is 3.39. The molecule has 2 fully saturated rings. The zero-order chi connectivity index (χ0) is 30.1. The number of benzene rings is 1. The van der Waals surface area contributed by atoms with Crippen LogP contribution in [0.3, 0.4) is 0 Å². The van der Waals surface area contributed by atoms with E-state index in [1.807, 2.05) is 0 Å². The molecule has 1 aromatic carbocycles. The number of aromatic nitrogens is 1. The molecule has 0 bridgehead atoms. The zero-order valence-corrected chi connectivity index (χ0v) is 23.6. The van der Waals surface area contributed by atoms with Crippen molar-refractivity contribution in [1.82, 2.24) is 15.2 Å². The molecule has 1 aliphatic carbocycles. The van der Waals surface area contributed by atoms with Crippen molar-refractivity contribution in [2.75, 3.05) is 16.8 Å². The third-order valence-electron chi connectivity index (χ3n) is 7.66. The Morgan fingerprint density at radius 1 is 1.10 bits per heavy atom. The summed E-state index contributed by atoms with van der Waals surface area (Å²) in [6.07, 6.45) is -1.11. The van der Waals surface area contributed by atoms with Crippen LogP contribution in [0.5, 0.6) is 0 Å². The van der Waals surface area contributed by atoms with Gasteiger partial charge in [0.25, 0.3) is 23.5 Å². The number of alkyl halides is 2. The van der Waals surface area contributed by atoms with Gasteiger partial charge in [0.15, 0.2) is 0 Å². The molecule has 1 saturated carbocycles. The number of carbonyl (C=O) groups excluding carboxylic acids is 4. The minimum atomic E-state index is -3.25. The highest BCUT2D eigenvalue weighted by Crippen LogP contribution is 2.54. The maximum atomic E-state index is 14.0. The van der Waals surface area contributed by atoms with Crippen molar-refractivity contribution in [2.45, 2.75) is 63.1 Å². The first-order valence-electron chi connectivity index (χ1n) is 12.7. The minimum absolute atomic E-state index is 0.0520. The van der Waals surface area contributed by atoms with Crippen molar-refractivity contribution in [3.05, 3.63) is 51.6 Å². The van der Waals surface area contributed by atoms with E-state index in [4.69, 9.17) is 11.6 Å². The summed E-state index contributed by atoms with van der Waals surface area (Å²) in [6, 6.07) is 3.62. The van der Waals surface area contributed by atoms with Crippen LogP contribution in [0.15, 0.2) is 18.2 Å². The van der Waals surface area contributed by atoms with E-state index in [2.05, 4.69) is 16.0 Å². The largest absolute Gasteiger partial charge is 0.346 e. The van der Waals surface area contributed by atoms with Gasteiger partial charge in [-0.05, 0) is 50.5 Å². The lowest BCUT2D eigenvalue weighted by atomic mass is 9.72. The van der Waals surface area contributed by atoms with E-state index in [1.54, 1.807) is 4.57 Å². The zero-order valence-electron chi connectivity index (χ0n) is 22.1. The summed E-state index contributed by atoms with van der Waals surface area (Å²) >= 11 is 5.80. The minimum Gasteiger partial charge on any atom is -0.346 e. The molecular weight excluding hydrogens is 589 g/mol. The van der Waals surface area contributed by atoms with Crippen LogP contribution < -0.4 is 16.0 Å². The second-order valence-corrected chi connectivity index (χ2v) is 13.9. The SMILES string of the molecule is Cc1c(C(=O)C(=O)NC2(C(=O)NC3(C)CS(O)(O)C3)CC(F)(F)C2)c2n(c1C(=O)Nc1ccc(F)c(Cl)c1)CCC2. The molecule has 0 radical (unpaired) electrons. The quantitative estimate of drug-likeness (QED) is 0.235. The Bertz CT molecular complexity index is 1490. The number of hydrogen-bond donors (Lipinski definition) is 5. The molecule has 5 N–H and O–H groups in total. The van der Waals surface area contributed by atoms with E-state index in [9.17, 15) is 41.5 Å². The first-order chi connectivity index (χ1) is 18.9. The Kier molecular flexibility index (Phi) is 7.00. The van der Waals surface area contributed by atoms with E-state index in [1.165, 1.54) is 26.0 Å². The van der Waals surface area contributed by atoms with Gasteiger partial charge in [-0.15, -0.1) is 0 Å². The van der Waals surface area contributed by atoms with E-state index in [-0.39, 0.29) is 39.0 Å². The van der Waals surface area contributed by atoms with Gasteiger partial charge in [-0.3, -0.25) is 28.3 Å². The summed E-state index contributed by atoms with van der Waals surface area (Å²) in [5, 5.41) is 7.15. The monoisotopic (exact) mass is 616 g/mol. The molecule has 1 aromatic heterocycles. The molecule has 0 unspecified atom stereocenters. The van der Waals surface area contributed by atoms with Crippen LogP contribution >= 0.6 is 22.2 Å². The van der Waals surface area contributed by atoms with Crippen LogP contribution in [0.4, 0.5) is 18.9 Å². The number of fused-ring (bicyclic) bond motifs is 1. The lowest BCUT2D eigenvalue weighted by molar-refractivity contribution is -0.166. The Labute approximate surface area is 239 Å². The highest BCUT2D eigenvalue weighted by atomic mass is 35.5. The van der Waals surface area contributed by atoms with Crippen LogP contribution in [0.1, 0.15) is 58.3 Å². The first-order valence-corrected chi connectivity index (χ1v) is 15.0. The number of rotatable bonds is 7. The number of ketones is 1. The van der Waals surface area contributed by atoms with Gasteiger partial charge >= 0.3 is 0 Å². The normalized spacial score (nSPS) is 21.5. The average molecular weight is 617 g/mol. The molecule has 1 saturated heterocycles. The molecule has 15 heteroatoms. The van der Waals surface area contributed by atoms with Crippen LogP contribution in [0, 0.1) is 12.7 Å². The van der Waals surface area contributed by atoms with Crippen molar-refractivity contribution in [3.63, 3.8) is 0 Å². The number of anilines is 1. The smallest absolute Gasteiger partial charge is 0.293 e. The number of carbonyl (C=O) groups is 4. The molecule has 10 nitrogen and oxygen atoms in total. The fraction of sp³-hybridized carbons (Fsp3) is 0.462. The predicted molar refractivity (Wildman–Crippen MR) is 145 cm³/mol. The molecule has 3 amide bonds. The van der Waals surface area contributed by atoms with E-state index in [0.717, 1.165) is 6.07 Å². The predicted octanol–water partition coefficient (Wildman–Crippen LogP) is 3.89. The van der Waals surface area contributed by atoms with Crippen LogP contribution in [0.25, 0.3) is 0 Å². The summed E-state index contributed by atoms with van der Waals surface area (Å²) in [5.41, 5.74) is -2.25. The van der Waals surface area contributed by atoms with Gasteiger partial charge in [-0.25, -0.2) is 13.2 Å². The third-order valence-corrected chi connectivity index (χ3v) is 10.1. The van der Waals surface area contributed by atoms with Gasteiger partial charge in [0.05, 0.1) is 27.6 Å². The molecule has 0 atom stereocenters. The summed E-state index contributed by atoms with van der Waals surface area (Å²) < 4.78 is 62.6. The molecule has 222 valence electrons. The van der Waals surface area contributed by atoms with Crippen molar-refractivity contribution in [2.24, 2.45) is 0 Å². The number of nitrogens with zero attached hydrogens (tertiary/aromatic N) is 1. The molecule has 3 heterocycles. The highest BCUT2D eigenvalue weighted by Gasteiger charge is 2.63. The standard InChI is InChI=1S/C26H28ClF3N4O6S/c1-13-18(17-4-3-7-34(17)19(13)21(36)31-14-5-6-16(28)15(27)8-14)20(35)22(37)32-25(9-26(29,30)10-25)23(38)33-24(2)11-41(39,40)12-24/h5-6,8,39-40H,3-4,7,9-12H2,1-2H3,(H,31,36)(H,32,37)(H,33,38). The Hall–Kier alpha value is -3.07. The molecule has 2 aliphatic heterocycles. The number of halogens is 4. The highest BCUT2D eigenvalue weighted by molar-refractivity contribution is 8.25. The van der Waals surface area contributed by atoms with E-state index < -0.39 is 69.8 Å². The molecule has 3 aliphatic rings. The molecule has 41 heavy (non-hydrogen) atoms. The van der Waals surface area contributed by atoms with Gasteiger partial charge < -0.3 is 20.5 Å². The Morgan fingerprint density at radius 3 is 2.34 bits per heavy atom. The maximum Gasteiger partial charge on any atom is 0.293 e. The van der Waals surface area contributed by atoms with Crippen LogP contribution in [-0.4, -0.2) is 65.7 Å². The number of hydrogen-bond acceptors (Lipinski definition) is 6. The second kappa shape index (κ2) is 9.75. The summed E-state index contributed by atoms with van der Waals surface area (Å²) in [4.78, 5) is 52.9. The van der Waals surface area contributed by atoms with Gasteiger partial charge in [-0.1, -0.05) is 11.6 Å². The number of amides is 3. The summed E-state index contributed by atoms with van der Waals surface area (Å²) in [7, 11) is -2.87.